The van der Waals surface area contributed by atoms with E-state index in [0.717, 1.165) is 17.7 Å². The normalized spacial score (nSPS) is 18.8. The van der Waals surface area contributed by atoms with Gasteiger partial charge in [0.1, 0.15) is 5.75 Å². The van der Waals surface area contributed by atoms with E-state index in [-0.39, 0.29) is 5.91 Å². The number of methoxy groups -OCH3 is 1. The maximum absolute atomic E-state index is 12.2. The molecule has 0 aliphatic carbocycles. The molecule has 1 aliphatic heterocycles. The summed E-state index contributed by atoms with van der Waals surface area (Å²) in [5.41, 5.74) is 1.03. The van der Waals surface area contributed by atoms with Crippen LogP contribution in [0, 0.1) is 0 Å². The summed E-state index contributed by atoms with van der Waals surface area (Å²) in [5.74, 6) is 0.272. The van der Waals surface area contributed by atoms with Crippen LogP contribution < -0.4 is 4.74 Å². The summed E-state index contributed by atoms with van der Waals surface area (Å²) in [6.45, 7) is 2.55. The van der Waals surface area contributed by atoms with E-state index in [1.807, 2.05) is 24.3 Å². The van der Waals surface area contributed by atoms with Gasteiger partial charge in [0.15, 0.2) is 6.10 Å². The summed E-state index contributed by atoms with van der Waals surface area (Å²) in [4.78, 5) is 24.9. The molecule has 5 heteroatoms. The van der Waals surface area contributed by atoms with Crippen molar-refractivity contribution in [2.45, 2.75) is 32.4 Å². The highest BCUT2D eigenvalue weighted by molar-refractivity contribution is 5.84. The second-order valence-electron chi connectivity index (χ2n) is 4.85. The molecule has 0 bridgehead atoms. The largest absolute Gasteiger partial charge is 0.497 e. The van der Waals surface area contributed by atoms with Crippen LogP contribution in [0.25, 0.3) is 0 Å². The molecule has 0 saturated carbocycles. The Morgan fingerprint density at radius 2 is 2.05 bits per heavy atom. The van der Waals surface area contributed by atoms with Gasteiger partial charge in [-0.25, -0.2) is 0 Å². The van der Waals surface area contributed by atoms with Gasteiger partial charge in [-0.05, 0) is 30.5 Å². The Morgan fingerprint density at radius 3 is 2.65 bits per heavy atom. The number of rotatable bonds is 4. The van der Waals surface area contributed by atoms with Crippen molar-refractivity contribution in [2.75, 3.05) is 13.7 Å². The Labute approximate surface area is 118 Å². The smallest absolute Gasteiger partial charge is 0.303 e. The summed E-state index contributed by atoms with van der Waals surface area (Å²) in [6.07, 6.45) is 0.830. The fourth-order valence-electron chi connectivity index (χ4n) is 2.32. The van der Waals surface area contributed by atoms with Gasteiger partial charge in [0, 0.05) is 20.0 Å². The van der Waals surface area contributed by atoms with Crippen LogP contribution in [0.15, 0.2) is 24.3 Å². The van der Waals surface area contributed by atoms with E-state index in [4.69, 9.17) is 9.47 Å². The van der Waals surface area contributed by atoms with Crippen LogP contribution in [0.2, 0.25) is 0 Å². The Bertz CT molecular complexity index is 483. The summed E-state index contributed by atoms with van der Waals surface area (Å²) >= 11 is 0. The monoisotopic (exact) mass is 277 g/mol. The van der Waals surface area contributed by atoms with E-state index < -0.39 is 12.1 Å². The predicted octanol–water partition coefficient (Wildman–Crippen LogP) is 1.75. The third kappa shape index (κ3) is 3.50. The zero-order valence-electron chi connectivity index (χ0n) is 11.8. The van der Waals surface area contributed by atoms with Gasteiger partial charge in [0.2, 0.25) is 0 Å². The van der Waals surface area contributed by atoms with E-state index in [1.165, 1.54) is 6.92 Å². The van der Waals surface area contributed by atoms with Crippen molar-refractivity contribution in [1.82, 2.24) is 4.90 Å². The first-order valence-corrected chi connectivity index (χ1v) is 6.69. The molecule has 1 saturated heterocycles. The molecule has 1 unspecified atom stereocenters. The van der Waals surface area contributed by atoms with E-state index in [0.29, 0.717) is 19.5 Å². The fourth-order valence-corrected chi connectivity index (χ4v) is 2.32. The molecule has 1 atom stereocenters. The average Bonchev–Trinajstić information content (AvgIpc) is 2.43. The highest BCUT2D eigenvalue weighted by Crippen LogP contribution is 2.19. The van der Waals surface area contributed by atoms with E-state index in [2.05, 4.69) is 0 Å². The van der Waals surface area contributed by atoms with Gasteiger partial charge in [-0.15, -0.1) is 0 Å². The van der Waals surface area contributed by atoms with Crippen molar-refractivity contribution in [1.29, 1.82) is 0 Å². The number of carbonyl (C=O) groups is 2. The molecule has 20 heavy (non-hydrogen) atoms. The van der Waals surface area contributed by atoms with Crippen molar-refractivity contribution < 1.29 is 19.1 Å². The quantitative estimate of drug-likeness (QED) is 0.787. The fraction of sp³-hybridized carbons (Fsp3) is 0.467. The van der Waals surface area contributed by atoms with Gasteiger partial charge in [-0.3, -0.25) is 9.59 Å². The molecular weight excluding hydrogens is 258 g/mol. The number of benzene rings is 1. The Balaban J connectivity index is 2.00. The minimum Gasteiger partial charge on any atom is -0.497 e. The highest BCUT2D eigenvalue weighted by Gasteiger charge is 2.30. The lowest BCUT2D eigenvalue weighted by Gasteiger charge is -2.31. The maximum Gasteiger partial charge on any atom is 0.303 e. The third-order valence-corrected chi connectivity index (χ3v) is 3.32. The number of carbonyl (C=O) groups excluding carboxylic acids is 2. The van der Waals surface area contributed by atoms with E-state index in [9.17, 15) is 9.59 Å². The average molecular weight is 277 g/mol. The number of likely N-dealkylation sites (tertiary alicyclic amines) is 1. The lowest BCUT2D eigenvalue weighted by atomic mass is 10.1. The Morgan fingerprint density at radius 1 is 1.35 bits per heavy atom. The summed E-state index contributed by atoms with van der Waals surface area (Å²) < 4.78 is 10.2. The SMILES string of the molecule is COc1ccc(CN2CCCC(OC(C)=O)C2=O)cc1. The van der Waals surface area contributed by atoms with Crippen LogP contribution in [0.3, 0.4) is 0 Å². The van der Waals surface area contributed by atoms with Gasteiger partial charge in [0.25, 0.3) is 5.91 Å². The van der Waals surface area contributed by atoms with E-state index in [1.54, 1.807) is 12.0 Å². The molecule has 2 rings (SSSR count). The van der Waals surface area contributed by atoms with E-state index >= 15 is 0 Å². The first-order chi connectivity index (χ1) is 9.60. The number of amides is 1. The van der Waals surface area contributed by atoms with Crippen LogP contribution in [0.1, 0.15) is 25.3 Å². The minimum atomic E-state index is -0.625. The number of nitrogens with zero attached hydrogens (tertiary/aromatic N) is 1. The summed E-state index contributed by atoms with van der Waals surface area (Å²) in [7, 11) is 1.62. The Hall–Kier alpha value is -2.04. The molecule has 1 fully saturated rings. The minimum absolute atomic E-state index is 0.109. The Kier molecular flexibility index (Phi) is 4.61. The molecule has 1 heterocycles. The van der Waals surface area contributed by atoms with Gasteiger partial charge >= 0.3 is 5.97 Å². The van der Waals surface area contributed by atoms with Crippen LogP contribution in [0.4, 0.5) is 0 Å². The molecular formula is C15H19NO4. The summed E-state index contributed by atoms with van der Waals surface area (Å²) in [5, 5.41) is 0. The summed E-state index contributed by atoms with van der Waals surface area (Å²) in [6, 6.07) is 7.60. The highest BCUT2D eigenvalue weighted by atomic mass is 16.5. The first kappa shape index (κ1) is 14.4. The molecule has 0 N–H and O–H groups in total. The number of piperidine rings is 1. The van der Waals surface area contributed by atoms with Crippen molar-refractivity contribution in [3.8, 4) is 5.75 Å². The van der Waals surface area contributed by atoms with Crippen molar-refractivity contribution in [3.63, 3.8) is 0 Å². The number of hydrogen-bond acceptors (Lipinski definition) is 4. The third-order valence-electron chi connectivity index (χ3n) is 3.32. The van der Waals surface area contributed by atoms with Gasteiger partial charge in [0.05, 0.1) is 7.11 Å². The molecule has 0 radical (unpaired) electrons. The lowest BCUT2D eigenvalue weighted by Crippen LogP contribution is -2.45. The van der Waals surface area contributed by atoms with Crippen LogP contribution in [0.5, 0.6) is 5.75 Å². The van der Waals surface area contributed by atoms with Gasteiger partial charge < -0.3 is 14.4 Å². The van der Waals surface area contributed by atoms with Crippen LogP contribution in [-0.4, -0.2) is 36.5 Å². The zero-order valence-corrected chi connectivity index (χ0v) is 11.8. The van der Waals surface area contributed by atoms with Crippen molar-refractivity contribution >= 4 is 11.9 Å². The molecule has 1 aromatic rings. The molecule has 1 aromatic carbocycles. The molecule has 108 valence electrons. The lowest BCUT2D eigenvalue weighted by molar-refractivity contribution is -0.162. The molecule has 0 aromatic heterocycles. The first-order valence-electron chi connectivity index (χ1n) is 6.69. The molecule has 1 aliphatic rings. The van der Waals surface area contributed by atoms with Crippen LogP contribution in [-0.2, 0) is 20.9 Å². The molecule has 0 spiro atoms. The van der Waals surface area contributed by atoms with Gasteiger partial charge in [-0.1, -0.05) is 12.1 Å². The number of hydrogen-bond donors (Lipinski definition) is 0. The van der Waals surface area contributed by atoms with Gasteiger partial charge in [-0.2, -0.15) is 0 Å². The van der Waals surface area contributed by atoms with Crippen molar-refractivity contribution in [2.24, 2.45) is 0 Å². The second-order valence-corrected chi connectivity index (χ2v) is 4.85. The predicted molar refractivity (Wildman–Crippen MR) is 73.2 cm³/mol. The molecule has 5 nitrogen and oxygen atoms in total. The standard InChI is InChI=1S/C15H19NO4/c1-11(17)20-14-4-3-9-16(15(14)18)10-12-5-7-13(19-2)8-6-12/h5-8,14H,3-4,9-10H2,1-2H3. The van der Waals surface area contributed by atoms with Crippen LogP contribution >= 0.6 is 0 Å². The van der Waals surface area contributed by atoms with Crippen molar-refractivity contribution in [3.05, 3.63) is 29.8 Å². The number of ether oxygens (including phenoxy) is 2. The maximum atomic E-state index is 12.2. The zero-order chi connectivity index (χ0) is 14.5. The number of esters is 1. The second kappa shape index (κ2) is 6.41. The topological polar surface area (TPSA) is 55.8 Å². The molecule has 1 amide bonds.